The summed E-state index contributed by atoms with van der Waals surface area (Å²) >= 11 is 1.65. The molecule has 2 aromatic carbocycles. The number of benzene rings is 2. The van der Waals surface area contributed by atoms with Gasteiger partial charge < -0.3 is 15.4 Å². The SMILES string of the molecule is CSc1ccccc1[C@@H](C)NC(=O)c1ccccc1CNC(=O)OC(C)(C)C. The summed E-state index contributed by atoms with van der Waals surface area (Å²) in [5.41, 5.74) is 1.78. The lowest BCUT2D eigenvalue weighted by Crippen LogP contribution is -2.33. The molecule has 0 bridgehead atoms. The number of hydrogen-bond acceptors (Lipinski definition) is 4. The summed E-state index contributed by atoms with van der Waals surface area (Å²) in [4.78, 5) is 25.9. The van der Waals surface area contributed by atoms with E-state index in [1.807, 2.05) is 76.4 Å². The van der Waals surface area contributed by atoms with Crippen LogP contribution in [-0.2, 0) is 11.3 Å². The Morgan fingerprint density at radius 3 is 2.39 bits per heavy atom. The molecule has 0 saturated heterocycles. The molecule has 150 valence electrons. The molecule has 6 heteroatoms. The second-order valence-electron chi connectivity index (χ2n) is 7.45. The smallest absolute Gasteiger partial charge is 0.407 e. The predicted molar refractivity (Wildman–Crippen MR) is 114 cm³/mol. The van der Waals surface area contributed by atoms with E-state index in [1.165, 1.54) is 0 Å². The van der Waals surface area contributed by atoms with Crippen LogP contribution in [0.5, 0.6) is 0 Å². The number of ether oxygens (including phenoxy) is 1. The highest BCUT2D eigenvalue weighted by atomic mass is 32.2. The summed E-state index contributed by atoms with van der Waals surface area (Å²) in [7, 11) is 0. The van der Waals surface area contributed by atoms with E-state index in [2.05, 4.69) is 10.6 Å². The molecule has 0 aliphatic carbocycles. The Bertz CT molecular complexity index is 831. The van der Waals surface area contributed by atoms with Crippen LogP contribution in [0.25, 0.3) is 0 Å². The van der Waals surface area contributed by atoms with Crippen LogP contribution in [-0.4, -0.2) is 23.9 Å². The fourth-order valence-electron chi connectivity index (χ4n) is 2.75. The molecule has 0 fully saturated rings. The maximum atomic E-state index is 12.9. The molecule has 0 spiro atoms. The lowest BCUT2D eigenvalue weighted by molar-refractivity contribution is 0.0522. The van der Waals surface area contributed by atoms with Crippen LogP contribution in [0.3, 0.4) is 0 Å². The van der Waals surface area contributed by atoms with Crippen molar-refractivity contribution in [1.82, 2.24) is 10.6 Å². The molecule has 2 amide bonds. The Labute approximate surface area is 171 Å². The van der Waals surface area contributed by atoms with Gasteiger partial charge in [0, 0.05) is 17.0 Å². The van der Waals surface area contributed by atoms with Crippen molar-refractivity contribution in [2.75, 3.05) is 6.26 Å². The number of nitrogens with one attached hydrogen (secondary N) is 2. The van der Waals surface area contributed by atoms with Crippen LogP contribution in [0.15, 0.2) is 53.4 Å². The highest BCUT2D eigenvalue weighted by molar-refractivity contribution is 7.98. The standard InChI is InChI=1S/C22H28N2O3S/c1-15(17-11-8-9-13-19(17)28-5)24-20(25)18-12-7-6-10-16(18)14-23-21(26)27-22(2,3)4/h6-13,15H,14H2,1-5H3,(H,23,26)(H,24,25)/t15-/m1/s1. The quantitative estimate of drug-likeness (QED) is 0.675. The lowest BCUT2D eigenvalue weighted by atomic mass is 10.0. The van der Waals surface area contributed by atoms with Crippen molar-refractivity contribution in [3.63, 3.8) is 0 Å². The van der Waals surface area contributed by atoms with E-state index in [9.17, 15) is 9.59 Å². The number of carbonyl (C=O) groups excluding carboxylic acids is 2. The average molecular weight is 401 g/mol. The van der Waals surface area contributed by atoms with Crippen molar-refractivity contribution in [3.05, 3.63) is 65.2 Å². The predicted octanol–water partition coefficient (Wildman–Crippen LogP) is 4.92. The maximum absolute atomic E-state index is 12.9. The monoisotopic (exact) mass is 400 g/mol. The van der Waals surface area contributed by atoms with Gasteiger partial charge in [-0.05, 0) is 57.2 Å². The summed E-state index contributed by atoms with van der Waals surface area (Å²) < 4.78 is 5.25. The molecular weight excluding hydrogens is 372 g/mol. The van der Waals surface area contributed by atoms with E-state index in [4.69, 9.17) is 4.74 Å². The minimum Gasteiger partial charge on any atom is -0.444 e. The fourth-order valence-corrected chi connectivity index (χ4v) is 3.45. The average Bonchev–Trinajstić information content (AvgIpc) is 2.65. The molecule has 28 heavy (non-hydrogen) atoms. The van der Waals surface area contributed by atoms with Gasteiger partial charge in [-0.25, -0.2) is 4.79 Å². The first-order chi connectivity index (χ1) is 13.2. The minimum absolute atomic E-state index is 0.136. The third kappa shape index (κ3) is 6.30. The number of amides is 2. The van der Waals surface area contributed by atoms with Crippen LogP contribution in [0.1, 0.15) is 55.2 Å². The summed E-state index contributed by atoms with van der Waals surface area (Å²) in [5.74, 6) is -0.176. The molecule has 0 aromatic heterocycles. The zero-order valence-corrected chi connectivity index (χ0v) is 17.9. The molecule has 2 rings (SSSR count). The number of carbonyl (C=O) groups is 2. The van der Waals surface area contributed by atoms with Crippen molar-refractivity contribution in [1.29, 1.82) is 0 Å². The van der Waals surface area contributed by atoms with Gasteiger partial charge in [0.1, 0.15) is 5.60 Å². The highest BCUT2D eigenvalue weighted by Gasteiger charge is 2.18. The van der Waals surface area contributed by atoms with E-state index >= 15 is 0 Å². The molecule has 5 nitrogen and oxygen atoms in total. The molecule has 0 radical (unpaired) electrons. The first-order valence-electron chi connectivity index (χ1n) is 9.20. The fraction of sp³-hybridized carbons (Fsp3) is 0.364. The highest BCUT2D eigenvalue weighted by Crippen LogP contribution is 2.25. The molecule has 1 atom stereocenters. The van der Waals surface area contributed by atoms with Crippen LogP contribution in [0.2, 0.25) is 0 Å². The summed E-state index contributed by atoms with van der Waals surface area (Å²) in [6.45, 7) is 7.61. The van der Waals surface area contributed by atoms with Crippen molar-refractivity contribution >= 4 is 23.8 Å². The summed E-state index contributed by atoms with van der Waals surface area (Å²) in [6.07, 6.45) is 1.51. The Morgan fingerprint density at radius 1 is 1.07 bits per heavy atom. The van der Waals surface area contributed by atoms with Gasteiger partial charge in [-0.3, -0.25) is 4.79 Å². The second-order valence-corrected chi connectivity index (χ2v) is 8.30. The van der Waals surface area contributed by atoms with Crippen molar-refractivity contribution in [2.24, 2.45) is 0 Å². The molecule has 0 aliphatic rings. The van der Waals surface area contributed by atoms with Crippen molar-refractivity contribution < 1.29 is 14.3 Å². The Balaban J connectivity index is 2.08. The zero-order valence-electron chi connectivity index (χ0n) is 17.0. The first-order valence-corrected chi connectivity index (χ1v) is 10.4. The normalized spacial score (nSPS) is 12.2. The molecule has 0 unspecified atom stereocenters. The van der Waals surface area contributed by atoms with E-state index < -0.39 is 11.7 Å². The molecule has 0 saturated carbocycles. The van der Waals surface area contributed by atoms with Gasteiger partial charge in [0.15, 0.2) is 0 Å². The van der Waals surface area contributed by atoms with Gasteiger partial charge in [-0.2, -0.15) is 0 Å². The number of alkyl carbamates (subject to hydrolysis) is 1. The van der Waals surface area contributed by atoms with Gasteiger partial charge in [0.2, 0.25) is 0 Å². The Kier molecular flexibility index (Phi) is 7.52. The lowest BCUT2D eigenvalue weighted by Gasteiger charge is -2.20. The number of rotatable bonds is 6. The Morgan fingerprint density at radius 2 is 1.71 bits per heavy atom. The van der Waals surface area contributed by atoms with E-state index in [0.29, 0.717) is 5.56 Å². The molecule has 2 N–H and O–H groups in total. The molecular formula is C22H28N2O3S. The van der Waals surface area contributed by atoms with Crippen LogP contribution in [0, 0.1) is 0 Å². The Hall–Kier alpha value is -2.47. The number of hydrogen-bond donors (Lipinski definition) is 2. The van der Waals surface area contributed by atoms with Crippen molar-refractivity contribution in [3.8, 4) is 0 Å². The summed E-state index contributed by atoms with van der Waals surface area (Å²) in [6, 6.07) is 15.1. The van der Waals surface area contributed by atoms with Gasteiger partial charge in [-0.15, -0.1) is 11.8 Å². The van der Waals surface area contributed by atoms with E-state index in [1.54, 1.807) is 17.8 Å². The third-order valence-electron chi connectivity index (χ3n) is 4.04. The molecule has 0 aliphatic heterocycles. The second kappa shape index (κ2) is 9.64. The minimum atomic E-state index is -0.568. The van der Waals surface area contributed by atoms with Crippen LogP contribution >= 0.6 is 11.8 Å². The van der Waals surface area contributed by atoms with Crippen molar-refractivity contribution in [2.45, 2.75) is 50.8 Å². The van der Waals surface area contributed by atoms with Crippen LogP contribution in [0.4, 0.5) is 4.79 Å². The van der Waals surface area contributed by atoms with E-state index in [-0.39, 0.29) is 18.5 Å². The molecule has 2 aromatic rings. The van der Waals surface area contributed by atoms with Gasteiger partial charge >= 0.3 is 6.09 Å². The third-order valence-corrected chi connectivity index (χ3v) is 4.85. The van der Waals surface area contributed by atoms with Gasteiger partial charge in [0.05, 0.1) is 6.04 Å². The zero-order chi connectivity index (χ0) is 20.7. The first kappa shape index (κ1) is 21.8. The van der Waals surface area contributed by atoms with E-state index in [0.717, 1.165) is 16.0 Å². The van der Waals surface area contributed by atoms with Gasteiger partial charge in [0.25, 0.3) is 5.91 Å². The topological polar surface area (TPSA) is 67.4 Å². The van der Waals surface area contributed by atoms with Gasteiger partial charge in [-0.1, -0.05) is 36.4 Å². The molecule has 0 heterocycles. The number of thioether (sulfide) groups is 1. The summed E-state index contributed by atoms with van der Waals surface area (Å²) in [5, 5.41) is 5.77. The van der Waals surface area contributed by atoms with Crippen LogP contribution < -0.4 is 10.6 Å². The maximum Gasteiger partial charge on any atom is 0.407 e. The largest absolute Gasteiger partial charge is 0.444 e.